The average molecular weight is 165 g/mol. The van der Waals surface area contributed by atoms with E-state index in [9.17, 15) is 0 Å². The molecule has 0 atom stereocenters. The molecular formula is C10H15NO. The molecule has 0 aliphatic heterocycles. The normalized spacial score (nSPS) is 19.6. The molecule has 1 aliphatic rings. The van der Waals surface area contributed by atoms with Crippen molar-refractivity contribution in [1.29, 1.82) is 0 Å². The van der Waals surface area contributed by atoms with Gasteiger partial charge in [-0.05, 0) is 39.8 Å². The SMILES string of the molecule is CNC1(c2cc(C)oc2C)CC1. The number of nitrogens with one attached hydrogen (secondary N) is 1. The van der Waals surface area contributed by atoms with Crippen LogP contribution < -0.4 is 5.32 Å². The molecule has 66 valence electrons. The fourth-order valence-corrected chi connectivity index (χ4v) is 1.88. The molecule has 1 aromatic rings. The van der Waals surface area contributed by atoms with Gasteiger partial charge in [0.05, 0.1) is 0 Å². The van der Waals surface area contributed by atoms with Crippen molar-refractivity contribution in [2.45, 2.75) is 32.2 Å². The van der Waals surface area contributed by atoms with Crippen molar-refractivity contribution in [1.82, 2.24) is 5.32 Å². The molecule has 0 spiro atoms. The highest BCUT2D eigenvalue weighted by molar-refractivity contribution is 5.33. The Morgan fingerprint density at radius 2 is 2.08 bits per heavy atom. The maximum Gasteiger partial charge on any atom is 0.106 e. The first-order valence-corrected chi connectivity index (χ1v) is 4.44. The molecular weight excluding hydrogens is 150 g/mol. The van der Waals surface area contributed by atoms with E-state index in [0.717, 1.165) is 11.5 Å². The van der Waals surface area contributed by atoms with Crippen molar-refractivity contribution >= 4 is 0 Å². The van der Waals surface area contributed by atoms with Gasteiger partial charge in [-0.25, -0.2) is 0 Å². The Labute approximate surface area is 73.0 Å². The van der Waals surface area contributed by atoms with Gasteiger partial charge in [0.1, 0.15) is 11.5 Å². The fraction of sp³-hybridized carbons (Fsp3) is 0.600. The van der Waals surface area contributed by atoms with Crippen LogP contribution in [-0.2, 0) is 5.54 Å². The highest BCUT2D eigenvalue weighted by Gasteiger charge is 2.44. The highest BCUT2D eigenvalue weighted by atomic mass is 16.3. The molecule has 0 aromatic carbocycles. The Morgan fingerprint density at radius 3 is 2.42 bits per heavy atom. The van der Waals surface area contributed by atoms with E-state index in [4.69, 9.17) is 4.42 Å². The van der Waals surface area contributed by atoms with Crippen LogP contribution in [0.2, 0.25) is 0 Å². The van der Waals surface area contributed by atoms with Crippen molar-refractivity contribution < 1.29 is 4.42 Å². The van der Waals surface area contributed by atoms with Gasteiger partial charge >= 0.3 is 0 Å². The summed E-state index contributed by atoms with van der Waals surface area (Å²) in [5, 5.41) is 3.36. The van der Waals surface area contributed by atoms with Crippen LogP contribution in [0.1, 0.15) is 29.9 Å². The minimum absolute atomic E-state index is 0.252. The summed E-state index contributed by atoms with van der Waals surface area (Å²) in [4.78, 5) is 0. The van der Waals surface area contributed by atoms with Gasteiger partial charge in [0.2, 0.25) is 0 Å². The first-order valence-electron chi connectivity index (χ1n) is 4.44. The summed E-state index contributed by atoms with van der Waals surface area (Å²) in [7, 11) is 2.02. The van der Waals surface area contributed by atoms with Crippen LogP contribution in [0.4, 0.5) is 0 Å². The van der Waals surface area contributed by atoms with Crippen LogP contribution in [0.3, 0.4) is 0 Å². The molecule has 1 aliphatic carbocycles. The maximum atomic E-state index is 5.50. The largest absolute Gasteiger partial charge is 0.466 e. The van der Waals surface area contributed by atoms with Crippen LogP contribution in [0.15, 0.2) is 10.5 Å². The zero-order valence-corrected chi connectivity index (χ0v) is 7.90. The molecule has 2 heteroatoms. The van der Waals surface area contributed by atoms with Gasteiger partial charge < -0.3 is 9.73 Å². The predicted molar refractivity (Wildman–Crippen MR) is 48.2 cm³/mol. The lowest BCUT2D eigenvalue weighted by molar-refractivity contribution is 0.487. The lowest BCUT2D eigenvalue weighted by Crippen LogP contribution is -2.24. The zero-order valence-electron chi connectivity index (χ0n) is 7.90. The minimum atomic E-state index is 0.252. The Bertz CT molecular complexity index is 297. The number of hydrogen-bond donors (Lipinski definition) is 1. The van der Waals surface area contributed by atoms with E-state index in [2.05, 4.69) is 11.4 Å². The first-order chi connectivity index (χ1) is 5.68. The second-order valence-electron chi connectivity index (χ2n) is 3.66. The van der Waals surface area contributed by atoms with Crippen LogP contribution in [0, 0.1) is 13.8 Å². The standard InChI is InChI=1S/C10H15NO/c1-7-6-9(8(2)12-7)10(11-3)4-5-10/h6,11H,4-5H2,1-3H3. The summed E-state index contributed by atoms with van der Waals surface area (Å²) < 4.78 is 5.50. The van der Waals surface area contributed by atoms with Gasteiger partial charge in [0.25, 0.3) is 0 Å². The Morgan fingerprint density at radius 1 is 1.42 bits per heavy atom. The summed E-state index contributed by atoms with van der Waals surface area (Å²) in [6.07, 6.45) is 2.48. The molecule has 0 radical (unpaired) electrons. The topological polar surface area (TPSA) is 25.2 Å². The van der Waals surface area contributed by atoms with Crippen molar-refractivity contribution in [3.63, 3.8) is 0 Å². The molecule has 12 heavy (non-hydrogen) atoms. The summed E-state index contributed by atoms with van der Waals surface area (Å²) >= 11 is 0. The summed E-state index contributed by atoms with van der Waals surface area (Å²) in [5.74, 6) is 2.09. The third kappa shape index (κ3) is 0.985. The average Bonchev–Trinajstić information content (AvgIpc) is 2.74. The van der Waals surface area contributed by atoms with E-state index < -0.39 is 0 Å². The van der Waals surface area contributed by atoms with Crippen molar-refractivity contribution in [3.8, 4) is 0 Å². The number of furan rings is 1. The molecule has 0 unspecified atom stereocenters. The van der Waals surface area contributed by atoms with Gasteiger partial charge in [-0.1, -0.05) is 0 Å². The molecule has 0 amide bonds. The molecule has 1 saturated carbocycles. The van der Waals surface area contributed by atoms with Gasteiger partial charge in [-0.15, -0.1) is 0 Å². The second kappa shape index (κ2) is 2.36. The lowest BCUT2D eigenvalue weighted by Gasteiger charge is -2.11. The number of hydrogen-bond acceptors (Lipinski definition) is 2. The van der Waals surface area contributed by atoms with Crippen LogP contribution >= 0.6 is 0 Å². The molecule has 1 N–H and O–H groups in total. The molecule has 1 aromatic heterocycles. The molecule has 0 bridgehead atoms. The second-order valence-corrected chi connectivity index (χ2v) is 3.66. The van der Waals surface area contributed by atoms with Gasteiger partial charge in [-0.3, -0.25) is 0 Å². The lowest BCUT2D eigenvalue weighted by atomic mass is 10.1. The smallest absolute Gasteiger partial charge is 0.106 e. The van der Waals surface area contributed by atoms with Crippen molar-refractivity contribution in [2.24, 2.45) is 0 Å². The Kier molecular flexibility index (Phi) is 1.55. The predicted octanol–water partition coefficient (Wildman–Crippen LogP) is 2.10. The third-order valence-corrected chi connectivity index (χ3v) is 2.79. The van der Waals surface area contributed by atoms with Crippen LogP contribution in [-0.4, -0.2) is 7.05 Å². The molecule has 1 fully saturated rings. The molecule has 2 nitrogen and oxygen atoms in total. The highest BCUT2D eigenvalue weighted by Crippen LogP contribution is 2.46. The quantitative estimate of drug-likeness (QED) is 0.726. The minimum Gasteiger partial charge on any atom is -0.466 e. The van der Waals surface area contributed by atoms with E-state index in [1.165, 1.54) is 18.4 Å². The first kappa shape index (κ1) is 7.87. The van der Waals surface area contributed by atoms with Crippen LogP contribution in [0.5, 0.6) is 0 Å². The summed E-state index contributed by atoms with van der Waals surface area (Å²) in [6, 6.07) is 2.15. The number of rotatable bonds is 2. The monoisotopic (exact) mass is 165 g/mol. The summed E-state index contributed by atoms with van der Waals surface area (Å²) in [5.41, 5.74) is 1.60. The van der Waals surface area contributed by atoms with E-state index >= 15 is 0 Å². The fourth-order valence-electron chi connectivity index (χ4n) is 1.88. The van der Waals surface area contributed by atoms with E-state index in [1.54, 1.807) is 0 Å². The third-order valence-electron chi connectivity index (χ3n) is 2.79. The molecule has 1 heterocycles. The van der Waals surface area contributed by atoms with Gasteiger partial charge in [0.15, 0.2) is 0 Å². The molecule has 0 saturated heterocycles. The maximum absolute atomic E-state index is 5.50. The zero-order chi connectivity index (χ0) is 8.77. The van der Waals surface area contributed by atoms with E-state index in [1.807, 2.05) is 20.9 Å². The summed E-state index contributed by atoms with van der Waals surface area (Å²) in [6.45, 7) is 4.04. The Balaban J connectivity index is 2.39. The van der Waals surface area contributed by atoms with Gasteiger partial charge in [0, 0.05) is 11.1 Å². The Hall–Kier alpha value is -0.760. The number of aryl methyl sites for hydroxylation is 2. The van der Waals surface area contributed by atoms with E-state index in [-0.39, 0.29) is 5.54 Å². The van der Waals surface area contributed by atoms with E-state index in [0.29, 0.717) is 0 Å². The van der Waals surface area contributed by atoms with Gasteiger partial charge in [-0.2, -0.15) is 0 Å². The van der Waals surface area contributed by atoms with Crippen LogP contribution in [0.25, 0.3) is 0 Å². The molecule has 2 rings (SSSR count). The van der Waals surface area contributed by atoms with Crippen molar-refractivity contribution in [3.05, 3.63) is 23.2 Å². The van der Waals surface area contributed by atoms with Crippen molar-refractivity contribution in [2.75, 3.05) is 7.05 Å².